The fourth-order valence-corrected chi connectivity index (χ4v) is 5.22. The van der Waals surface area contributed by atoms with E-state index in [4.69, 9.17) is 4.99 Å². The van der Waals surface area contributed by atoms with Crippen LogP contribution < -0.4 is 5.43 Å². The highest BCUT2D eigenvalue weighted by Gasteiger charge is 2.24. The summed E-state index contributed by atoms with van der Waals surface area (Å²) in [6.07, 6.45) is 5.14. The van der Waals surface area contributed by atoms with Crippen LogP contribution in [0.1, 0.15) is 41.8 Å². The van der Waals surface area contributed by atoms with Gasteiger partial charge in [-0.05, 0) is 56.7 Å². The number of hydrogen-bond acceptors (Lipinski definition) is 4. The maximum atomic E-state index is 14.0. The van der Waals surface area contributed by atoms with Gasteiger partial charge in [-0.2, -0.15) is 0 Å². The van der Waals surface area contributed by atoms with Gasteiger partial charge in [0.1, 0.15) is 5.82 Å². The van der Waals surface area contributed by atoms with Crippen LogP contribution in [-0.4, -0.2) is 28.7 Å². The summed E-state index contributed by atoms with van der Waals surface area (Å²) in [6, 6.07) is 20.4. The van der Waals surface area contributed by atoms with Crippen molar-refractivity contribution in [3.63, 3.8) is 0 Å². The quantitative estimate of drug-likeness (QED) is 0.376. The highest BCUT2D eigenvalue weighted by Crippen LogP contribution is 2.41. The topological polar surface area (TPSA) is 44.7 Å². The number of carbonyl (C=O) groups excluding carboxylic acids is 1. The predicted molar refractivity (Wildman–Crippen MR) is 131 cm³/mol. The minimum atomic E-state index is -0.309. The Hall–Kier alpha value is -3.22. The van der Waals surface area contributed by atoms with Crippen LogP contribution in [0.25, 0.3) is 0 Å². The molecule has 0 saturated carbocycles. The summed E-state index contributed by atoms with van der Waals surface area (Å²) in [4.78, 5) is 20.0. The van der Waals surface area contributed by atoms with E-state index in [0.29, 0.717) is 22.5 Å². The highest BCUT2D eigenvalue weighted by molar-refractivity contribution is 7.99. The van der Waals surface area contributed by atoms with Crippen molar-refractivity contribution in [2.45, 2.75) is 42.1 Å². The predicted octanol–water partition coefficient (Wildman–Crippen LogP) is 6.14. The molecular weight excluding hydrogens is 433 g/mol. The smallest absolute Gasteiger partial charge is 0.265 e. The summed E-state index contributed by atoms with van der Waals surface area (Å²) >= 11 is 1.60. The molecule has 3 aromatic rings. The molecule has 2 aliphatic rings. The monoisotopic (exact) mass is 457 g/mol. The molecule has 1 amide bonds. The fraction of sp³-hybridized carbons (Fsp3) is 0.185. The molecule has 6 heteroatoms. The number of benzene rings is 3. The average Bonchev–Trinajstić information content (AvgIpc) is 2.97. The lowest BCUT2D eigenvalue weighted by Gasteiger charge is -2.35. The molecule has 0 bridgehead atoms. The van der Waals surface area contributed by atoms with Crippen LogP contribution in [0.15, 0.2) is 93.7 Å². The number of amides is 1. The molecule has 2 heterocycles. The van der Waals surface area contributed by atoms with Gasteiger partial charge in [-0.25, -0.2) is 14.4 Å². The van der Waals surface area contributed by atoms with E-state index in [9.17, 15) is 9.18 Å². The van der Waals surface area contributed by atoms with Crippen LogP contribution >= 0.6 is 11.8 Å². The average molecular weight is 458 g/mol. The number of fused-ring (bicyclic) bond motifs is 2. The van der Waals surface area contributed by atoms with Gasteiger partial charge in [0.15, 0.2) is 0 Å². The normalized spacial score (nSPS) is 19.8. The second-order valence-electron chi connectivity index (χ2n) is 8.35. The first-order valence-electron chi connectivity index (χ1n) is 11.0. The molecule has 0 radical (unpaired) electrons. The summed E-state index contributed by atoms with van der Waals surface area (Å²) in [5.41, 5.74) is 6.64. The van der Waals surface area contributed by atoms with Gasteiger partial charge in [-0.15, -0.1) is 0 Å². The van der Waals surface area contributed by atoms with Gasteiger partial charge < -0.3 is 0 Å². The molecule has 1 N–H and O–H groups in total. The minimum absolute atomic E-state index is 0.126. The Morgan fingerprint density at radius 2 is 1.91 bits per heavy atom. The molecule has 0 aliphatic carbocycles. The Morgan fingerprint density at radius 1 is 1.06 bits per heavy atom. The molecular formula is C27H24FN3OS. The lowest BCUT2D eigenvalue weighted by atomic mass is 10.0. The SMILES string of the molecule is C[C@@H]1CC=C[C@H](C)N1NC(=O)c1ccc2c(c1)N=C(c1cccc(F)c1)c1ccccc1S2. The van der Waals surface area contributed by atoms with Crippen molar-refractivity contribution in [2.24, 2.45) is 4.99 Å². The number of carbonyl (C=O) groups is 1. The molecule has 4 nitrogen and oxygen atoms in total. The Kier molecular flexibility index (Phi) is 5.87. The van der Waals surface area contributed by atoms with Crippen LogP contribution in [-0.2, 0) is 0 Å². The van der Waals surface area contributed by atoms with E-state index < -0.39 is 0 Å². The number of rotatable bonds is 3. The van der Waals surface area contributed by atoms with Crippen molar-refractivity contribution >= 4 is 29.1 Å². The van der Waals surface area contributed by atoms with E-state index in [-0.39, 0.29) is 23.8 Å². The van der Waals surface area contributed by atoms with Crippen molar-refractivity contribution < 1.29 is 9.18 Å². The Bertz CT molecular complexity index is 1290. The largest absolute Gasteiger partial charge is 0.284 e. The summed E-state index contributed by atoms with van der Waals surface area (Å²) in [5, 5.41) is 1.99. The van der Waals surface area contributed by atoms with Crippen LogP contribution in [0.4, 0.5) is 10.1 Å². The van der Waals surface area contributed by atoms with Gasteiger partial charge in [-0.3, -0.25) is 10.2 Å². The summed E-state index contributed by atoms with van der Waals surface area (Å²) in [7, 11) is 0. The zero-order chi connectivity index (χ0) is 22.9. The number of nitrogens with one attached hydrogen (secondary N) is 1. The second kappa shape index (κ2) is 8.96. The van der Waals surface area contributed by atoms with Gasteiger partial charge in [-0.1, -0.05) is 54.2 Å². The first kappa shape index (κ1) is 21.6. The third-order valence-corrected chi connectivity index (χ3v) is 7.09. The highest BCUT2D eigenvalue weighted by atomic mass is 32.2. The molecule has 2 aliphatic heterocycles. The summed E-state index contributed by atoms with van der Waals surface area (Å²) < 4.78 is 14.0. The molecule has 2 atom stereocenters. The molecule has 0 saturated heterocycles. The zero-order valence-corrected chi connectivity index (χ0v) is 19.3. The lowest BCUT2D eigenvalue weighted by molar-refractivity contribution is 0.0615. The maximum absolute atomic E-state index is 14.0. The van der Waals surface area contributed by atoms with Crippen LogP contribution in [0.5, 0.6) is 0 Å². The molecule has 0 unspecified atom stereocenters. The van der Waals surface area contributed by atoms with Gasteiger partial charge in [0.25, 0.3) is 5.91 Å². The molecule has 33 heavy (non-hydrogen) atoms. The van der Waals surface area contributed by atoms with E-state index in [1.807, 2.05) is 53.5 Å². The van der Waals surface area contributed by atoms with Crippen LogP contribution in [0.3, 0.4) is 0 Å². The number of hydrogen-bond donors (Lipinski definition) is 1. The van der Waals surface area contributed by atoms with E-state index >= 15 is 0 Å². The Balaban J connectivity index is 1.54. The van der Waals surface area contributed by atoms with E-state index in [1.54, 1.807) is 17.8 Å². The lowest BCUT2D eigenvalue weighted by Crippen LogP contribution is -2.52. The van der Waals surface area contributed by atoms with Crippen molar-refractivity contribution in [3.05, 3.63) is 101 Å². The van der Waals surface area contributed by atoms with Crippen LogP contribution in [0.2, 0.25) is 0 Å². The van der Waals surface area contributed by atoms with Crippen molar-refractivity contribution in [2.75, 3.05) is 0 Å². The van der Waals surface area contributed by atoms with Gasteiger partial charge >= 0.3 is 0 Å². The van der Waals surface area contributed by atoms with Gasteiger partial charge in [0.2, 0.25) is 0 Å². The maximum Gasteiger partial charge on any atom is 0.265 e. The second-order valence-corrected chi connectivity index (χ2v) is 9.44. The van der Waals surface area contributed by atoms with Gasteiger partial charge in [0.05, 0.1) is 11.4 Å². The summed E-state index contributed by atoms with van der Waals surface area (Å²) in [5.74, 6) is -0.474. The first-order valence-corrected chi connectivity index (χ1v) is 11.8. The number of nitrogens with zero attached hydrogens (tertiary/aromatic N) is 2. The molecule has 166 valence electrons. The zero-order valence-electron chi connectivity index (χ0n) is 18.5. The fourth-order valence-electron chi connectivity index (χ4n) is 4.21. The Labute approximate surface area is 197 Å². The van der Waals surface area contributed by atoms with Crippen molar-refractivity contribution in [3.8, 4) is 0 Å². The van der Waals surface area contributed by atoms with Crippen LogP contribution in [0, 0.1) is 5.82 Å². The molecule has 0 aromatic heterocycles. The van der Waals surface area contributed by atoms with Gasteiger partial charge in [0, 0.05) is 38.6 Å². The third-order valence-electron chi connectivity index (χ3n) is 5.95. The van der Waals surface area contributed by atoms with E-state index in [1.165, 1.54) is 12.1 Å². The van der Waals surface area contributed by atoms with Crippen molar-refractivity contribution in [1.29, 1.82) is 0 Å². The number of aliphatic imine (C=N–C) groups is 1. The third kappa shape index (κ3) is 4.36. The molecule has 0 fully saturated rings. The number of hydrazine groups is 1. The Morgan fingerprint density at radius 3 is 2.73 bits per heavy atom. The van der Waals surface area contributed by atoms with Crippen molar-refractivity contribution in [1.82, 2.24) is 10.4 Å². The van der Waals surface area contributed by atoms with E-state index in [2.05, 4.69) is 31.4 Å². The first-order chi connectivity index (χ1) is 16.0. The van der Waals surface area contributed by atoms with E-state index in [0.717, 1.165) is 21.8 Å². The molecule has 3 aromatic carbocycles. The molecule has 0 spiro atoms. The molecule has 5 rings (SSSR count). The standard InChI is InChI=1S/C27H24FN3OS/c1-17-7-5-8-18(2)31(17)30-27(32)20-13-14-25-23(16-20)29-26(19-9-6-10-21(28)15-19)22-11-3-4-12-24(22)33-25/h3-7,9-18H,8H2,1-2H3,(H,30,32)/t17-,18+/m0/s1. The summed E-state index contributed by atoms with van der Waals surface area (Å²) in [6.45, 7) is 4.16. The number of halogens is 1. The minimum Gasteiger partial charge on any atom is -0.284 e.